The maximum Gasteiger partial charge on any atom is 0.131 e. The molecule has 1 unspecified atom stereocenters. The van der Waals surface area contributed by atoms with Crippen LogP contribution in [0.25, 0.3) is 10.8 Å². The van der Waals surface area contributed by atoms with Gasteiger partial charge in [-0.05, 0) is 23.1 Å². The maximum atomic E-state index is 13.7. The van der Waals surface area contributed by atoms with Gasteiger partial charge >= 0.3 is 0 Å². The Morgan fingerprint density at radius 3 is 2.47 bits per heavy atom. The van der Waals surface area contributed by atoms with Gasteiger partial charge in [-0.25, -0.2) is 4.39 Å². The Morgan fingerprint density at radius 1 is 0.947 bits per heavy atom. The fourth-order valence-electron chi connectivity index (χ4n) is 2.24. The first-order valence-corrected chi connectivity index (χ1v) is 6.02. The van der Waals surface area contributed by atoms with Crippen LogP contribution in [0.1, 0.15) is 17.2 Å². The highest BCUT2D eigenvalue weighted by Gasteiger charge is 2.14. The second-order valence-electron chi connectivity index (χ2n) is 4.37. The van der Waals surface area contributed by atoms with E-state index in [9.17, 15) is 9.50 Å². The van der Waals surface area contributed by atoms with Crippen LogP contribution in [0.3, 0.4) is 0 Å². The Bertz CT molecular complexity index is 712. The monoisotopic (exact) mass is 253 g/mol. The van der Waals surface area contributed by atoms with Crippen LogP contribution < -0.4 is 0 Å². The number of aromatic nitrogens is 1. The van der Waals surface area contributed by atoms with Crippen molar-refractivity contribution < 1.29 is 9.50 Å². The predicted molar refractivity (Wildman–Crippen MR) is 72.2 cm³/mol. The third-order valence-corrected chi connectivity index (χ3v) is 3.20. The Morgan fingerprint density at radius 2 is 1.74 bits per heavy atom. The van der Waals surface area contributed by atoms with Gasteiger partial charge in [-0.15, -0.1) is 0 Å². The first-order chi connectivity index (χ1) is 9.27. The topological polar surface area (TPSA) is 33.1 Å². The van der Waals surface area contributed by atoms with Gasteiger partial charge in [-0.2, -0.15) is 0 Å². The van der Waals surface area contributed by atoms with E-state index in [4.69, 9.17) is 0 Å². The summed E-state index contributed by atoms with van der Waals surface area (Å²) in [6.07, 6.45) is 2.46. The summed E-state index contributed by atoms with van der Waals surface area (Å²) in [4.78, 5) is 3.99. The number of aliphatic hydroxyl groups is 1. The van der Waals surface area contributed by atoms with E-state index in [-0.39, 0.29) is 5.82 Å². The molecule has 1 heterocycles. The van der Waals surface area contributed by atoms with E-state index < -0.39 is 6.10 Å². The molecule has 0 aliphatic heterocycles. The SMILES string of the molecule is OC(c1cccnc1)c1ccc(F)c2ccccc12. The van der Waals surface area contributed by atoms with Gasteiger partial charge in [-0.1, -0.05) is 36.4 Å². The summed E-state index contributed by atoms with van der Waals surface area (Å²) in [6, 6.07) is 13.7. The zero-order valence-corrected chi connectivity index (χ0v) is 10.1. The van der Waals surface area contributed by atoms with Crippen molar-refractivity contribution in [2.24, 2.45) is 0 Å². The number of halogens is 1. The fourth-order valence-corrected chi connectivity index (χ4v) is 2.24. The molecule has 3 aromatic rings. The van der Waals surface area contributed by atoms with Crippen molar-refractivity contribution in [3.8, 4) is 0 Å². The number of hydrogen-bond acceptors (Lipinski definition) is 2. The van der Waals surface area contributed by atoms with E-state index in [0.717, 1.165) is 5.39 Å². The lowest BCUT2D eigenvalue weighted by atomic mass is 9.96. The van der Waals surface area contributed by atoms with Crippen molar-refractivity contribution in [3.05, 3.63) is 77.9 Å². The first kappa shape index (κ1) is 11.8. The molecule has 0 fully saturated rings. The molecule has 0 amide bonds. The molecule has 3 heteroatoms. The van der Waals surface area contributed by atoms with Gasteiger partial charge in [0, 0.05) is 23.3 Å². The van der Waals surface area contributed by atoms with Gasteiger partial charge in [0.1, 0.15) is 11.9 Å². The predicted octanol–water partition coefficient (Wildman–Crippen LogP) is 3.46. The lowest BCUT2D eigenvalue weighted by molar-refractivity contribution is 0.221. The van der Waals surface area contributed by atoms with Crippen LogP contribution in [0.4, 0.5) is 4.39 Å². The van der Waals surface area contributed by atoms with Gasteiger partial charge in [0.2, 0.25) is 0 Å². The molecule has 1 N–H and O–H groups in total. The normalized spacial score (nSPS) is 12.5. The second kappa shape index (κ2) is 4.78. The Hall–Kier alpha value is -2.26. The minimum Gasteiger partial charge on any atom is -0.384 e. The van der Waals surface area contributed by atoms with Crippen LogP contribution in [0.2, 0.25) is 0 Å². The summed E-state index contributed by atoms with van der Waals surface area (Å²) in [5.41, 5.74) is 1.38. The molecule has 0 aliphatic rings. The number of rotatable bonds is 2. The summed E-state index contributed by atoms with van der Waals surface area (Å²) in [6.45, 7) is 0. The van der Waals surface area contributed by atoms with Crippen molar-refractivity contribution in [2.75, 3.05) is 0 Å². The highest BCUT2D eigenvalue weighted by atomic mass is 19.1. The molecular formula is C16H12FNO. The largest absolute Gasteiger partial charge is 0.384 e. The van der Waals surface area contributed by atoms with Gasteiger partial charge in [0.25, 0.3) is 0 Å². The molecule has 0 bridgehead atoms. The smallest absolute Gasteiger partial charge is 0.131 e. The van der Waals surface area contributed by atoms with Crippen molar-refractivity contribution in [3.63, 3.8) is 0 Å². The molecule has 0 saturated heterocycles. The number of hydrogen-bond donors (Lipinski definition) is 1. The highest BCUT2D eigenvalue weighted by molar-refractivity contribution is 5.86. The summed E-state index contributed by atoms with van der Waals surface area (Å²) in [5.74, 6) is -0.280. The number of benzene rings is 2. The van der Waals surface area contributed by atoms with Crippen molar-refractivity contribution >= 4 is 10.8 Å². The number of fused-ring (bicyclic) bond motifs is 1. The van der Waals surface area contributed by atoms with E-state index in [2.05, 4.69) is 4.98 Å². The van der Waals surface area contributed by atoms with Gasteiger partial charge in [0.15, 0.2) is 0 Å². The molecule has 3 rings (SSSR count). The first-order valence-electron chi connectivity index (χ1n) is 6.02. The van der Waals surface area contributed by atoms with Crippen LogP contribution in [0, 0.1) is 5.82 Å². The Balaban J connectivity index is 2.18. The quantitative estimate of drug-likeness (QED) is 0.758. The molecule has 94 valence electrons. The maximum absolute atomic E-state index is 13.7. The molecule has 0 spiro atoms. The van der Waals surface area contributed by atoms with E-state index in [1.54, 1.807) is 42.7 Å². The van der Waals surface area contributed by atoms with Gasteiger partial charge in [0.05, 0.1) is 0 Å². The van der Waals surface area contributed by atoms with Gasteiger partial charge in [-0.3, -0.25) is 4.98 Å². The Labute approximate surface area is 110 Å². The fraction of sp³-hybridized carbons (Fsp3) is 0.0625. The van der Waals surface area contributed by atoms with E-state index >= 15 is 0 Å². The van der Waals surface area contributed by atoms with Crippen LogP contribution in [-0.4, -0.2) is 10.1 Å². The summed E-state index contributed by atoms with van der Waals surface area (Å²) in [5, 5.41) is 11.7. The average Bonchev–Trinajstić information content (AvgIpc) is 2.48. The van der Waals surface area contributed by atoms with Crippen LogP contribution in [0.5, 0.6) is 0 Å². The number of nitrogens with zero attached hydrogens (tertiary/aromatic N) is 1. The molecule has 19 heavy (non-hydrogen) atoms. The van der Waals surface area contributed by atoms with Crippen LogP contribution in [0.15, 0.2) is 60.9 Å². The summed E-state index contributed by atoms with van der Waals surface area (Å²) >= 11 is 0. The Kier molecular flexibility index (Phi) is 2.97. The number of aliphatic hydroxyl groups excluding tert-OH is 1. The third-order valence-electron chi connectivity index (χ3n) is 3.20. The average molecular weight is 253 g/mol. The third kappa shape index (κ3) is 2.09. The van der Waals surface area contributed by atoms with Gasteiger partial charge < -0.3 is 5.11 Å². The molecule has 2 nitrogen and oxygen atoms in total. The lowest BCUT2D eigenvalue weighted by Gasteiger charge is -2.14. The molecule has 0 saturated carbocycles. The van der Waals surface area contributed by atoms with E-state index in [1.165, 1.54) is 6.07 Å². The minimum atomic E-state index is -0.806. The van der Waals surface area contributed by atoms with E-state index in [0.29, 0.717) is 16.5 Å². The zero-order chi connectivity index (χ0) is 13.2. The van der Waals surface area contributed by atoms with Crippen LogP contribution in [-0.2, 0) is 0 Å². The van der Waals surface area contributed by atoms with Crippen molar-refractivity contribution in [2.45, 2.75) is 6.10 Å². The zero-order valence-electron chi connectivity index (χ0n) is 10.1. The highest BCUT2D eigenvalue weighted by Crippen LogP contribution is 2.29. The van der Waals surface area contributed by atoms with Crippen molar-refractivity contribution in [1.29, 1.82) is 0 Å². The summed E-state index contributed by atoms with van der Waals surface area (Å²) in [7, 11) is 0. The standard InChI is InChI=1S/C16H12FNO/c17-15-8-7-14(12-5-1-2-6-13(12)15)16(19)11-4-3-9-18-10-11/h1-10,16,19H. The molecule has 1 atom stereocenters. The van der Waals surface area contributed by atoms with Crippen LogP contribution >= 0.6 is 0 Å². The molecular weight excluding hydrogens is 241 g/mol. The molecule has 2 aromatic carbocycles. The lowest BCUT2D eigenvalue weighted by Crippen LogP contribution is -2.01. The second-order valence-corrected chi connectivity index (χ2v) is 4.37. The number of pyridine rings is 1. The molecule has 1 aromatic heterocycles. The molecule has 0 aliphatic carbocycles. The minimum absolute atomic E-state index is 0.280. The molecule has 0 radical (unpaired) electrons. The van der Waals surface area contributed by atoms with Crippen molar-refractivity contribution in [1.82, 2.24) is 4.98 Å². The van der Waals surface area contributed by atoms with E-state index in [1.807, 2.05) is 12.1 Å². The summed E-state index contributed by atoms with van der Waals surface area (Å²) < 4.78 is 13.7.